The first-order valence-corrected chi connectivity index (χ1v) is 7.30. The Bertz CT molecular complexity index is 445. The molecule has 7 heteroatoms. The molecule has 5 nitrogen and oxygen atoms in total. The first-order valence-electron chi connectivity index (χ1n) is 6.51. The number of ether oxygens (including phenoxy) is 4. The lowest BCUT2D eigenvalue weighted by Gasteiger charge is -2.11. The zero-order chi connectivity index (χ0) is 15.5. The number of methoxy groups -OCH3 is 1. The van der Waals surface area contributed by atoms with Gasteiger partial charge in [0.05, 0.1) is 38.6 Å². The van der Waals surface area contributed by atoms with Gasteiger partial charge in [-0.15, -0.1) is 0 Å². The Morgan fingerprint density at radius 3 is 2.33 bits per heavy atom. The molecule has 21 heavy (non-hydrogen) atoms. The first-order chi connectivity index (χ1) is 10.1. The maximum absolute atomic E-state index is 5.92. The van der Waals surface area contributed by atoms with Gasteiger partial charge < -0.3 is 24.7 Å². The fourth-order valence-electron chi connectivity index (χ4n) is 1.49. The summed E-state index contributed by atoms with van der Waals surface area (Å²) in [4.78, 5) is 0.272. The van der Waals surface area contributed by atoms with Gasteiger partial charge >= 0.3 is 0 Å². The number of thiocarbonyl (C=S) groups is 1. The second-order valence-corrected chi connectivity index (χ2v) is 4.95. The Hall–Kier alpha value is -0.920. The van der Waals surface area contributed by atoms with Crippen molar-refractivity contribution in [3.05, 3.63) is 28.8 Å². The standard InChI is InChI=1S/C14H20ClNO4S/c1-17-4-5-18-6-7-19-8-9-20-13-10-11(15)2-3-12(13)14(16)21/h2-3,10H,4-9H2,1H3,(H2,16,21). The van der Waals surface area contributed by atoms with Gasteiger partial charge in [0.15, 0.2) is 0 Å². The number of rotatable bonds is 11. The summed E-state index contributed by atoms with van der Waals surface area (Å²) >= 11 is 10.9. The number of hydrogen-bond acceptors (Lipinski definition) is 5. The highest BCUT2D eigenvalue weighted by molar-refractivity contribution is 7.80. The molecule has 0 fully saturated rings. The summed E-state index contributed by atoms with van der Waals surface area (Å²) in [5.41, 5.74) is 6.29. The highest BCUT2D eigenvalue weighted by Gasteiger charge is 2.07. The minimum absolute atomic E-state index is 0.272. The van der Waals surface area contributed by atoms with E-state index in [-0.39, 0.29) is 4.99 Å². The largest absolute Gasteiger partial charge is 0.490 e. The number of halogens is 1. The van der Waals surface area contributed by atoms with Crippen LogP contribution in [0.4, 0.5) is 0 Å². The monoisotopic (exact) mass is 333 g/mol. The highest BCUT2D eigenvalue weighted by Crippen LogP contribution is 2.23. The second kappa shape index (κ2) is 10.8. The molecule has 2 N–H and O–H groups in total. The van der Waals surface area contributed by atoms with E-state index in [1.54, 1.807) is 25.3 Å². The van der Waals surface area contributed by atoms with E-state index < -0.39 is 0 Å². The van der Waals surface area contributed by atoms with Crippen molar-refractivity contribution in [1.29, 1.82) is 0 Å². The molecule has 0 unspecified atom stereocenters. The van der Waals surface area contributed by atoms with E-state index in [1.807, 2.05) is 0 Å². The van der Waals surface area contributed by atoms with E-state index in [1.165, 1.54) is 0 Å². The Labute approximate surface area is 135 Å². The molecule has 0 aromatic heterocycles. The van der Waals surface area contributed by atoms with E-state index in [0.717, 1.165) is 0 Å². The molecular weight excluding hydrogens is 314 g/mol. The zero-order valence-electron chi connectivity index (χ0n) is 12.0. The van der Waals surface area contributed by atoms with Gasteiger partial charge in [-0.2, -0.15) is 0 Å². The van der Waals surface area contributed by atoms with Crippen LogP contribution in [0, 0.1) is 0 Å². The topological polar surface area (TPSA) is 62.9 Å². The molecular formula is C14H20ClNO4S. The molecule has 0 radical (unpaired) electrons. The van der Waals surface area contributed by atoms with Crippen LogP contribution in [0.2, 0.25) is 5.02 Å². The summed E-state index contributed by atoms with van der Waals surface area (Å²) < 4.78 is 21.1. The molecule has 1 rings (SSSR count). The van der Waals surface area contributed by atoms with Crippen LogP contribution in [0.3, 0.4) is 0 Å². The van der Waals surface area contributed by atoms with Crippen molar-refractivity contribution >= 4 is 28.8 Å². The molecule has 0 bridgehead atoms. The van der Waals surface area contributed by atoms with Crippen molar-refractivity contribution in [1.82, 2.24) is 0 Å². The van der Waals surface area contributed by atoms with Gasteiger partial charge in [-0.3, -0.25) is 0 Å². The van der Waals surface area contributed by atoms with Crippen molar-refractivity contribution in [3.8, 4) is 5.75 Å². The molecule has 0 amide bonds. The Balaban J connectivity index is 2.21. The Morgan fingerprint density at radius 2 is 1.71 bits per heavy atom. The third-order valence-corrected chi connectivity index (χ3v) is 2.95. The fourth-order valence-corrected chi connectivity index (χ4v) is 1.82. The minimum Gasteiger partial charge on any atom is -0.490 e. The molecule has 0 aliphatic rings. The number of benzene rings is 1. The molecule has 0 spiro atoms. The van der Waals surface area contributed by atoms with Crippen LogP contribution in [0.25, 0.3) is 0 Å². The van der Waals surface area contributed by atoms with E-state index in [4.69, 9.17) is 48.5 Å². The predicted octanol–water partition coefficient (Wildman–Crippen LogP) is 2.03. The average Bonchev–Trinajstić information content (AvgIpc) is 2.45. The van der Waals surface area contributed by atoms with Crippen molar-refractivity contribution in [2.24, 2.45) is 5.73 Å². The van der Waals surface area contributed by atoms with E-state index >= 15 is 0 Å². The summed E-state index contributed by atoms with van der Waals surface area (Å²) in [7, 11) is 1.63. The summed E-state index contributed by atoms with van der Waals surface area (Å²) in [6, 6.07) is 5.14. The molecule has 0 atom stereocenters. The molecule has 0 heterocycles. The van der Waals surface area contributed by atoms with Crippen LogP contribution in [0.5, 0.6) is 5.75 Å². The average molecular weight is 334 g/mol. The summed E-state index contributed by atoms with van der Waals surface area (Å²) in [5, 5.41) is 0.567. The minimum atomic E-state index is 0.272. The van der Waals surface area contributed by atoms with Crippen LogP contribution < -0.4 is 10.5 Å². The maximum Gasteiger partial charge on any atom is 0.131 e. The van der Waals surface area contributed by atoms with Gasteiger partial charge in [0, 0.05) is 12.1 Å². The molecule has 0 aliphatic heterocycles. The van der Waals surface area contributed by atoms with Crippen LogP contribution in [0.15, 0.2) is 18.2 Å². The molecule has 0 aliphatic carbocycles. The van der Waals surface area contributed by atoms with Gasteiger partial charge in [0.25, 0.3) is 0 Å². The number of nitrogens with two attached hydrogens (primary N) is 1. The zero-order valence-corrected chi connectivity index (χ0v) is 13.5. The van der Waals surface area contributed by atoms with Crippen molar-refractivity contribution in [3.63, 3.8) is 0 Å². The van der Waals surface area contributed by atoms with Gasteiger partial charge in [-0.05, 0) is 18.2 Å². The van der Waals surface area contributed by atoms with Crippen molar-refractivity contribution < 1.29 is 18.9 Å². The molecule has 118 valence electrons. The Kier molecular flexibility index (Phi) is 9.29. The maximum atomic E-state index is 5.92. The van der Waals surface area contributed by atoms with Crippen molar-refractivity contribution in [2.75, 3.05) is 46.8 Å². The molecule has 1 aromatic carbocycles. The normalized spacial score (nSPS) is 10.6. The smallest absolute Gasteiger partial charge is 0.131 e. The van der Waals surface area contributed by atoms with Crippen LogP contribution in [-0.2, 0) is 14.2 Å². The van der Waals surface area contributed by atoms with E-state index in [9.17, 15) is 0 Å². The third-order valence-electron chi connectivity index (χ3n) is 2.50. The SMILES string of the molecule is COCCOCCOCCOc1cc(Cl)ccc1C(N)=S. The summed E-state index contributed by atoms with van der Waals surface area (Å²) in [6.45, 7) is 3.00. The second-order valence-electron chi connectivity index (χ2n) is 4.07. The Morgan fingerprint density at radius 1 is 1.10 bits per heavy atom. The first kappa shape index (κ1) is 18.1. The molecule has 1 aromatic rings. The quantitative estimate of drug-likeness (QED) is 0.494. The van der Waals surface area contributed by atoms with E-state index in [0.29, 0.717) is 56.0 Å². The van der Waals surface area contributed by atoms with Crippen LogP contribution >= 0.6 is 23.8 Å². The summed E-state index contributed by atoms with van der Waals surface area (Å²) in [5.74, 6) is 0.565. The number of hydrogen-bond donors (Lipinski definition) is 1. The van der Waals surface area contributed by atoms with Gasteiger partial charge in [0.2, 0.25) is 0 Å². The predicted molar refractivity (Wildman–Crippen MR) is 86.3 cm³/mol. The summed E-state index contributed by atoms with van der Waals surface area (Å²) in [6.07, 6.45) is 0. The lowest BCUT2D eigenvalue weighted by atomic mass is 10.2. The van der Waals surface area contributed by atoms with E-state index in [2.05, 4.69) is 0 Å². The van der Waals surface area contributed by atoms with Gasteiger partial charge in [-0.25, -0.2) is 0 Å². The lowest BCUT2D eigenvalue weighted by molar-refractivity contribution is 0.0179. The highest BCUT2D eigenvalue weighted by atomic mass is 35.5. The van der Waals surface area contributed by atoms with Crippen LogP contribution in [0.1, 0.15) is 5.56 Å². The molecule has 0 saturated carbocycles. The van der Waals surface area contributed by atoms with Crippen LogP contribution in [-0.4, -0.2) is 51.7 Å². The van der Waals surface area contributed by atoms with Gasteiger partial charge in [0.1, 0.15) is 17.3 Å². The fraction of sp³-hybridized carbons (Fsp3) is 0.500. The lowest BCUT2D eigenvalue weighted by Crippen LogP contribution is -2.15. The van der Waals surface area contributed by atoms with Crippen molar-refractivity contribution in [2.45, 2.75) is 0 Å². The third kappa shape index (κ3) is 7.59. The molecule has 0 saturated heterocycles. The van der Waals surface area contributed by atoms with Gasteiger partial charge in [-0.1, -0.05) is 23.8 Å².